The summed E-state index contributed by atoms with van der Waals surface area (Å²) in [6, 6.07) is 9.68. The number of carbonyl (C=O) groups excluding carboxylic acids is 1. The molecule has 4 heterocycles. The number of aromatic nitrogens is 6. The summed E-state index contributed by atoms with van der Waals surface area (Å²) in [5.41, 5.74) is 3.45. The number of rotatable bonds is 4. The smallest absolute Gasteiger partial charge is 0.415 e. The number of cyclic esters (lactones) is 1. The van der Waals surface area contributed by atoms with Crippen molar-refractivity contribution in [2.75, 3.05) is 11.5 Å². The van der Waals surface area contributed by atoms with Crippen LogP contribution in [0.25, 0.3) is 28.2 Å². The number of ether oxygens (including phenoxy) is 1. The fourth-order valence-electron chi connectivity index (χ4n) is 3.66. The van der Waals surface area contributed by atoms with Crippen molar-refractivity contribution < 1.29 is 9.53 Å². The van der Waals surface area contributed by atoms with Gasteiger partial charge in [0.1, 0.15) is 18.2 Å². The van der Waals surface area contributed by atoms with Gasteiger partial charge in [0.15, 0.2) is 11.5 Å². The summed E-state index contributed by atoms with van der Waals surface area (Å²) in [5.74, 6) is 2.25. The first kappa shape index (κ1) is 18.3. The molecule has 1 aromatic carbocycles. The molecule has 1 N–H and O–H groups in total. The minimum Gasteiger partial charge on any atom is -0.447 e. The maximum atomic E-state index is 12.3. The fraction of sp³-hybridized carbons (Fsp3) is 0.286. The van der Waals surface area contributed by atoms with E-state index in [0.717, 1.165) is 22.5 Å². The second-order valence-electron chi connectivity index (χ2n) is 7.69. The molecule has 0 bridgehead atoms. The summed E-state index contributed by atoms with van der Waals surface area (Å²) < 4.78 is 6.97. The van der Waals surface area contributed by atoms with E-state index in [-0.39, 0.29) is 18.1 Å². The molecule has 1 unspecified atom stereocenters. The van der Waals surface area contributed by atoms with E-state index < -0.39 is 0 Å². The van der Waals surface area contributed by atoms with Crippen LogP contribution < -0.4 is 4.90 Å². The predicted molar refractivity (Wildman–Crippen MR) is 111 cm³/mol. The maximum absolute atomic E-state index is 12.3. The maximum Gasteiger partial charge on any atom is 0.415 e. The fourth-order valence-corrected chi connectivity index (χ4v) is 3.66. The molecule has 5 rings (SSSR count). The van der Waals surface area contributed by atoms with Gasteiger partial charge in [-0.1, -0.05) is 38.1 Å². The molecular formula is C21H21N7O2. The molecule has 1 saturated heterocycles. The lowest BCUT2D eigenvalue weighted by molar-refractivity contribution is 0.177. The van der Waals surface area contributed by atoms with Crippen LogP contribution in [0.3, 0.4) is 0 Å². The minimum absolute atomic E-state index is 0.0390. The Balaban J connectivity index is 1.53. The number of nitrogens with one attached hydrogen (secondary N) is 1. The normalized spacial score (nSPS) is 16.6. The van der Waals surface area contributed by atoms with Gasteiger partial charge >= 0.3 is 6.09 Å². The van der Waals surface area contributed by atoms with Gasteiger partial charge in [0.05, 0.1) is 12.2 Å². The number of hydrogen-bond acceptors (Lipinski definition) is 6. The number of nitrogens with zero attached hydrogens (tertiary/aromatic N) is 6. The van der Waals surface area contributed by atoms with Crippen LogP contribution in [0.15, 0.2) is 42.7 Å². The Morgan fingerprint density at radius 2 is 1.90 bits per heavy atom. The molecule has 0 radical (unpaired) electrons. The monoisotopic (exact) mass is 403 g/mol. The highest BCUT2D eigenvalue weighted by Crippen LogP contribution is 2.30. The van der Waals surface area contributed by atoms with E-state index in [2.05, 4.69) is 34.1 Å². The van der Waals surface area contributed by atoms with Crippen LogP contribution in [0, 0.1) is 12.8 Å². The van der Waals surface area contributed by atoms with Crippen LogP contribution in [0.2, 0.25) is 0 Å². The third kappa shape index (κ3) is 2.99. The number of carbonyl (C=O) groups is 1. The zero-order chi connectivity index (χ0) is 20.8. The average Bonchev–Trinajstić information content (AvgIpc) is 3.45. The molecule has 1 aliphatic heterocycles. The molecule has 9 nitrogen and oxygen atoms in total. The van der Waals surface area contributed by atoms with Gasteiger partial charge in [-0.25, -0.2) is 19.3 Å². The Hall–Kier alpha value is -3.75. The van der Waals surface area contributed by atoms with Crippen molar-refractivity contribution in [3.8, 4) is 22.5 Å². The number of fused-ring (bicyclic) bond motifs is 1. The number of aryl methyl sites for hydroxylation is 1. The lowest BCUT2D eigenvalue weighted by Gasteiger charge is -2.23. The van der Waals surface area contributed by atoms with E-state index in [0.29, 0.717) is 23.9 Å². The van der Waals surface area contributed by atoms with E-state index in [9.17, 15) is 4.79 Å². The van der Waals surface area contributed by atoms with Crippen LogP contribution in [-0.4, -0.2) is 48.5 Å². The van der Waals surface area contributed by atoms with Gasteiger partial charge in [0.2, 0.25) is 0 Å². The third-order valence-corrected chi connectivity index (χ3v) is 5.33. The molecular weight excluding hydrogens is 382 g/mol. The first-order valence-electron chi connectivity index (χ1n) is 9.81. The van der Waals surface area contributed by atoms with Crippen molar-refractivity contribution in [3.63, 3.8) is 0 Å². The molecule has 152 valence electrons. The number of benzene rings is 1. The third-order valence-electron chi connectivity index (χ3n) is 5.33. The number of aromatic amines is 1. The van der Waals surface area contributed by atoms with Crippen LogP contribution in [-0.2, 0) is 4.74 Å². The Labute approximate surface area is 172 Å². The Morgan fingerprint density at radius 1 is 1.13 bits per heavy atom. The Bertz CT molecular complexity index is 1230. The van der Waals surface area contributed by atoms with E-state index in [1.54, 1.807) is 21.7 Å². The molecule has 0 aliphatic carbocycles. The van der Waals surface area contributed by atoms with Crippen LogP contribution in [0.1, 0.15) is 19.7 Å². The summed E-state index contributed by atoms with van der Waals surface area (Å²) in [6.07, 6.45) is 3.23. The van der Waals surface area contributed by atoms with Crippen molar-refractivity contribution in [2.24, 2.45) is 5.92 Å². The van der Waals surface area contributed by atoms with Crippen molar-refractivity contribution in [2.45, 2.75) is 26.8 Å². The topological polar surface area (TPSA) is 101 Å². The summed E-state index contributed by atoms with van der Waals surface area (Å²) in [5, 5.41) is 11.5. The lowest BCUT2D eigenvalue weighted by atomic mass is 10.0. The van der Waals surface area contributed by atoms with E-state index >= 15 is 0 Å². The van der Waals surface area contributed by atoms with E-state index in [4.69, 9.17) is 9.72 Å². The molecule has 3 aromatic heterocycles. The molecule has 1 atom stereocenters. The molecule has 9 heteroatoms. The first-order valence-corrected chi connectivity index (χ1v) is 9.81. The molecule has 4 aromatic rings. The average molecular weight is 403 g/mol. The van der Waals surface area contributed by atoms with Gasteiger partial charge < -0.3 is 4.74 Å². The van der Waals surface area contributed by atoms with Gasteiger partial charge in [0, 0.05) is 17.3 Å². The van der Waals surface area contributed by atoms with Crippen LogP contribution in [0.4, 0.5) is 10.6 Å². The van der Waals surface area contributed by atoms with Gasteiger partial charge in [-0.2, -0.15) is 10.2 Å². The molecule has 30 heavy (non-hydrogen) atoms. The zero-order valence-electron chi connectivity index (χ0n) is 16.9. The Kier molecular flexibility index (Phi) is 4.23. The number of anilines is 1. The lowest BCUT2D eigenvalue weighted by Crippen LogP contribution is -2.37. The highest BCUT2D eigenvalue weighted by molar-refractivity contribution is 5.90. The Morgan fingerprint density at radius 3 is 2.60 bits per heavy atom. The largest absolute Gasteiger partial charge is 0.447 e. The summed E-state index contributed by atoms with van der Waals surface area (Å²) in [6.45, 7) is 6.38. The highest BCUT2D eigenvalue weighted by Gasteiger charge is 2.37. The molecule has 1 aliphatic rings. The number of hydrogen-bond donors (Lipinski definition) is 1. The van der Waals surface area contributed by atoms with Gasteiger partial charge in [0.25, 0.3) is 0 Å². The molecule has 0 spiro atoms. The summed E-state index contributed by atoms with van der Waals surface area (Å²) in [4.78, 5) is 23.1. The number of amides is 1. The van der Waals surface area contributed by atoms with Crippen molar-refractivity contribution in [3.05, 3.63) is 48.5 Å². The predicted octanol–water partition coefficient (Wildman–Crippen LogP) is 3.47. The van der Waals surface area contributed by atoms with E-state index in [1.807, 2.05) is 37.4 Å². The van der Waals surface area contributed by atoms with Gasteiger partial charge in [-0.05, 0) is 24.5 Å². The highest BCUT2D eigenvalue weighted by atomic mass is 16.6. The molecule has 1 amide bonds. The first-order chi connectivity index (χ1) is 14.5. The minimum atomic E-state index is -0.363. The van der Waals surface area contributed by atoms with Crippen molar-refractivity contribution >= 4 is 17.6 Å². The SMILES string of the molecule is Cc1nc(-c2ccc(-c3cnn4ccc(N5C(=O)OCC5C(C)C)nc34)cc2)n[nH]1. The second-order valence-corrected chi connectivity index (χ2v) is 7.69. The quantitative estimate of drug-likeness (QED) is 0.560. The van der Waals surface area contributed by atoms with Gasteiger partial charge in [-0.15, -0.1) is 0 Å². The van der Waals surface area contributed by atoms with E-state index in [1.165, 1.54) is 0 Å². The summed E-state index contributed by atoms with van der Waals surface area (Å²) in [7, 11) is 0. The zero-order valence-corrected chi connectivity index (χ0v) is 16.9. The standard InChI is InChI=1S/C21H21N7O2/c1-12(2)17-11-30-21(29)28(17)18-8-9-27-20(24-18)16(10-22-27)14-4-6-15(7-5-14)19-23-13(3)25-26-19/h4-10,12,17H,11H2,1-3H3,(H,23,25,26). The molecule has 0 saturated carbocycles. The second kappa shape index (κ2) is 6.94. The number of H-pyrrole nitrogens is 1. The van der Waals surface area contributed by atoms with Gasteiger partial charge in [-0.3, -0.25) is 10.00 Å². The van der Waals surface area contributed by atoms with Crippen molar-refractivity contribution in [1.82, 2.24) is 29.8 Å². The van der Waals surface area contributed by atoms with Crippen LogP contribution in [0.5, 0.6) is 0 Å². The molecule has 1 fully saturated rings. The van der Waals surface area contributed by atoms with Crippen molar-refractivity contribution in [1.29, 1.82) is 0 Å². The van der Waals surface area contributed by atoms with Crippen LogP contribution >= 0.6 is 0 Å². The summed E-state index contributed by atoms with van der Waals surface area (Å²) >= 11 is 0.